The molecule has 0 atom stereocenters. The zero-order valence-electron chi connectivity index (χ0n) is 15.4. The summed E-state index contributed by atoms with van der Waals surface area (Å²) in [7, 11) is 0. The number of pyridine rings is 1. The van der Waals surface area contributed by atoms with Crippen molar-refractivity contribution < 1.29 is 4.79 Å². The van der Waals surface area contributed by atoms with Crippen LogP contribution >= 0.6 is 0 Å². The highest BCUT2D eigenvalue weighted by Gasteiger charge is 2.26. The molecule has 0 spiro atoms. The Kier molecular flexibility index (Phi) is 4.95. The number of fused-ring (bicyclic) bond motifs is 1. The number of piperidine rings is 1. The Labute approximate surface area is 151 Å². The number of carbonyl (C=O) groups is 1. The van der Waals surface area contributed by atoms with Gasteiger partial charge in [0.1, 0.15) is 0 Å². The van der Waals surface area contributed by atoms with Crippen LogP contribution in [-0.4, -0.2) is 44.5 Å². The molecule has 3 heterocycles. The zero-order chi connectivity index (χ0) is 19.0. The minimum Gasteiger partial charge on any atom is -0.339 e. The lowest BCUT2D eigenvalue weighted by Crippen LogP contribution is -2.43. The number of H-pyrrole nitrogens is 1. The van der Waals surface area contributed by atoms with Gasteiger partial charge in [0.05, 0.1) is 10.9 Å². The fourth-order valence-electron chi connectivity index (χ4n) is 3.32. The van der Waals surface area contributed by atoms with Crippen LogP contribution in [0.25, 0.3) is 11.0 Å². The van der Waals surface area contributed by atoms with Gasteiger partial charge in [-0.3, -0.25) is 19.1 Å². The lowest BCUT2D eigenvalue weighted by Gasteiger charge is -2.30. The van der Waals surface area contributed by atoms with Crippen molar-refractivity contribution in [3.05, 3.63) is 38.2 Å². The Balaban J connectivity index is 2.25. The molecule has 0 bridgehead atoms. The number of nitrogens with zero attached hydrogens (tertiary/aromatic N) is 3. The average molecular weight is 359 g/mol. The average Bonchev–Trinajstić information content (AvgIpc) is 2.61. The minimum absolute atomic E-state index is 0.0559. The SMILES string of the molecule is CCn1c(=O)[nH]c(=O)c2c(C(=O)N3CCC(N)CC3)cc(C(C)C)nc21. The van der Waals surface area contributed by atoms with Crippen LogP contribution in [0.3, 0.4) is 0 Å². The van der Waals surface area contributed by atoms with Crippen molar-refractivity contribution in [1.82, 2.24) is 19.4 Å². The maximum atomic E-state index is 13.1. The van der Waals surface area contributed by atoms with E-state index < -0.39 is 11.2 Å². The van der Waals surface area contributed by atoms with Crippen molar-refractivity contribution in [3.63, 3.8) is 0 Å². The number of carbonyl (C=O) groups excluding carboxylic acids is 1. The number of likely N-dealkylation sites (tertiary alicyclic amines) is 1. The van der Waals surface area contributed by atoms with Crippen LogP contribution < -0.4 is 17.0 Å². The highest BCUT2D eigenvalue weighted by atomic mass is 16.2. The summed E-state index contributed by atoms with van der Waals surface area (Å²) in [4.78, 5) is 46.4. The maximum Gasteiger partial charge on any atom is 0.329 e. The second kappa shape index (κ2) is 7.03. The van der Waals surface area contributed by atoms with Gasteiger partial charge < -0.3 is 10.6 Å². The Morgan fingerprint density at radius 3 is 2.58 bits per heavy atom. The first kappa shape index (κ1) is 18.3. The molecule has 0 radical (unpaired) electrons. The van der Waals surface area contributed by atoms with Crippen LogP contribution in [0.1, 0.15) is 55.6 Å². The smallest absolute Gasteiger partial charge is 0.329 e. The van der Waals surface area contributed by atoms with Crippen molar-refractivity contribution in [2.75, 3.05) is 13.1 Å². The molecule has 1 saturated heterocycles. The van der Waals surface area contributed by atoms with E-state index in [4.69, 9.17) is 5.73 Å². The summed E-state index contributed by atoms with van der Waals surface area (Å²) in [5, 5.41) is 0.177. The van der Waals surface area contributed by atoms with Gasteiger partial charge in [-0.2, -0.15) is 0 Å². The van der Waals surface area contributed by atoms with E-state index in [1.54, 1.807) is 17.9 Å². The Bertz CT molecular complexity index is 952. The lowest BCUT2D eigenvalue weighted by atomic mass is 10.0. The molecule has 0 aromatic carbocycles. The molecule has 1 aliphatic rings. The summed E-state index contributed by atoms with van der Waals surface area (Å²) < 4.78 is 1.39. The van der Waals surface area contributed by atoms with Crippen LogP contribution in [0, 0.1) is 0 Å². The molecule has 8 heteroatoms. The van der Waals surface area contributed by atoms with Crippen molar-refractivity contribution >= 4 is 16.9 Å². The highest BCUT2D eigenvalue weighted by molar-refractivity contribution is 6.05. The number of hydrogen-bond acceptors (Lipinski definition) is 5. The van der Waals surface area contributed by atoms with E-state index in [-0.39, 0.29) is 28.9 Å². The molecule has 0 unspecified atom stereocenters. The van der Waals surface area contributed by atoms with Crippen LogP contribution in [0.5, 0.6) is 0 Å². The van der Waals surface area contributed by atoms with E-state index in [2.05, 4.69) is 9.97 Å². The van der Waals surface area contributed by atoms with Crippen molar-refractivity contribution in [2.24, 2.45) is 5.73 Å². The number of aromatic nitrogens is 3. The molecule has 2 aromatic heterocycles. The normalized spacial score (nSPS) is 15.8. The monoisotopic (exact) mass is 359 g/mol. The van der Waals surface area contributed by atoms with Gasteiger partial charge in [0.25, 0.3) is 11.5 Å². The van der Waals surface area contributed by atoms with Gasteiger partial charge in [0.2, 0.25) is 0 Å². The molecule has 1 amide bonds. The lowest BCUT2D eigenvalue weighted by molar-refractivity contribution is 0.0716. The number of nitrogens with two attached hydrogens (primary N) is 1. The van der Waals surface area contributed by atoms with Crippen LogP contribution in [0.15, 0.2) is 15.7 Å². The van der Waals surface area contributed by atoms with Crippen LogP contribution in [0.4, 0.5) is 0 Å². The van der Waals surface area contributed by atoms with E-state index in [0.717, 1.165) is 12.8 Å². The molecule has 3 rings (SSSR count). The number of aryl methyl sites for hydroxylation is 1. The second-order valence-corrected chi connectivity index (χ2v) is 7.08. The number of aromatic amines is 1. The van der Waals surface area contributed by atoms with E-state index in [0.29, 0.717) is 30.9 Å². The van der Waals surface area contributed by atoms with Crippen LogP contribution in [-0.2, 0) is 6.54 Å². The van der Waals surface area contributed by atoms with E-state index >= 15 is 0 Å². The first-order valence-corrected chi connectivity index (χ1v) is 9.06. The molecular weight excluding hydrogens is 334 g/mol. The fraction of sp³-hybridized carbons (Fsp3) is 0.556. The zero-order valence-corrected chi connectivity index (χ0v) is 15.4. The third-order valence-electron chi connectivity index (χ3n) is 4.93. The summed E-state index contributed by atoms with van der Waals surface area (Å²) in [6.07, 6.45) is 1.48. The topological polar surface area (TPSA) is 114 Å². The fourth-order valence-corrected chi connectivity index (χ4v) is 3.32. The van der Waals surface area contributed by atoms with Crippen molar-refractivity contribution in [3.8, 4) is 0 Å². The number of hydrogen-bond donors (Lipinski definition) is 2. The van der Waals surface area contributed by atoms with Gasteiger partial charge >= 0.3 is 5.69 Å². The van der Waals surface area contributed by atoms with Gasteiger partial charge in [-0.15, -0.1) is 0 Å². The van der Waals surface area contributed by atoms with Gasteiger partial charge in [-0.25, -0.2) is 9.78 Å². The summed E-state index contributed by atoms with van der Waals surface area (Å²) in [6, 6.07) is 1.79. The molecule has 3 N–H and O–H groups in total. The van der Waals surface area contributed by atoms with Gasteiger partial charge in [0.15, 0.2) is 5.65 Å². The molecule has 0 aliphatic carbocycles. The van der Waals surface area contributed by atoms with Crippen molar-refractivity contribution in [1.29, 1.82) is 0 Å². The minimum atomic E-state index is -0.574. The van der Waals surface area contributed by atoms with Crippen LogP contribution in [0.2, 0.25) is 0 Å². The van der Waals surface area contributed by atoms with E-state index in [1.807, 2.05) is 13.8 Å². The number of amides is 1. The Morgan fingerprint density at radius 1 is 1.35 bits per heavy atom. The Morgan fingerprint density at radius 2 is 2.00 bits per heavy atom. The van der Waals surface area contributed by atoms with Gasteiger partial charge in [-0.05, 0) is 31.7 Å². The molecule has 0 saturated carbocycles. The molecule has 1 aliphatic heterocycles. The summed E-state index contributed by atoms with van der Waals surface area (Å²) in [5.74, 6) is -0.154. The molecule has 1 fully saturated rings. The predicted octanol–water partition coefficient (Wildman–Crippen LogP) is 0.791. The third-order valence-corrected chi connectivity index (χ3v) is 4.93. The summed E-state index contributed by atoms with van der Waals surface area (Å²) in [5.41, 5.74) is 6.09. The van der Waals surface area contributed by atoms with E-state index in [1.165, 1.54) is 4.57 Å². The summed E-state index contributed by atoms with van der Waals surface area (Å²) in [6.45, 7) is 7.20. The molecule has 140 valence electrons. The standard InChI is InChI=1S/C18H25N5O3/c1-4-23-15-14(16(24)21-18(23)26)12(9-13(20-15)10(2)3)17(25)22-7-5-11(19)6-8-22/h9-11H,4-8,19H2,1-3H3,(H,21,24,26). The first-order chi connectivity index (χ1) is 12.3. The number of rotatable bonds is 3. The van der Waals surface area contributed by atoms with Crippen molar-refractivity contribution in [2.45, 2.75) is 52.1 Å². The largest absolute Gasteiger partial charge is 0.339 e. The third kappa shape index (κ3) is 3.16. The molecule has 8 nitrogen and oxygen atoms in total. The quantitative estimate of drug-likeness (QED) is 0.841. The molecule has 2 aromatic rings. The van der Waals surface area contributed by atoms with Gasteiger partial charge in [-0.1, -0.05) is 13.8 Å². The summed E-state index contributed by atoms with van der Waals surface area (Å²) >= 11 is 0. The predicted molar refractivity (Wildman–Crippen MR) is 99.5 cm³/mol. The maximum absolute atomic E-state index is 13.1. The van der Waals surface area contributed by atoms with E-state index in [9.17, 15) is 14.4 Å². The highest BCUT2D eigenvalue weighted by Crippen LogP contribution is 2.22. The Hall–Kier alpha value is -2.48. The first-order valence-electron chi connectivity index (χ1n) is 9.06. The molecular formula is C18H25N5O3. The number of nitrogens with one attached hydrogen (secondary N) is 1. The molecule has 26 heavy (non-hydrogen) atoms. The second-order valence-electron chi connectivity index (χ2n) is 7.08. The van der Waals surface area contributed by atoms with Gasteiger partial charge in [0, 0.05) is 31.4 Å².